The maximum atomic E-state index is 13.9. The second-order valence-electron chi connectivity index (χ2n) is 14.6. The van der Waals surface area contributed by atoms with Crippen LogP contribution in [0.3, 0.4) is 0 Å². The molecule has 0 radical (unpaired) electrons. The van der Waals surface area contributed by atoms with Crippen LogP contribution in [-0.2, 0) is 16.0 Å². The van der Waals surface area contributed by atoms with Crippen LogP contribution in [0.15, 0.2) is 53.4 Å². The van der Waals surface area contributed by atoms with Crippen molar-refractivity contribution >= 4 is 29.6 Å². The van der Waals surface area contributed by atoms with Crippen molar-refractivity contribution in [3.05, 3.63) is 65.2 Å². The molecule has 5 rings (SSSR count). The largest absolute Gasteiger partial charge is 0.491 e. The smallest absolute Gasteiger partial charge is 0.411 e. The number of anilines is 1. The van der Waals surface area contributed by atoms with Crippen molar-refractivity contribution in [1.82, 2.24) is 9.62 Å². The first-order valence-corrected chi connectivity index (χ1v) is 18.1. The van der Waals surface area contributed by atoms with Gasteiger partial charge in [-0.15, -0.1) is 0 Å². The van der Waals surface area contributed by atoms with Crippen LogP contribution in [-0.4, -0.2) is 66.0 Å². The van der Waals surface area contributed by atoms with Gasteiger partial charge in [0.15, 0.2) is 0 Å². The van der Waals surface area contributed by atoms with E-state index in [9.17, 15) is 14.7 Å². The van der Waals surface area contributed by atoms with Gasteiger partial charge in [-0.1, -0.05) is 55.7 Å². The zero-order valence-corrected chi connectivity index (χ0v) is 29.8. The average Bonchev–Trinajstić information content (AvgIpc) is 3.11. The lowest BCUT2D eigenvalue weighted by molar-refractivity contribution is -0.136. The predicted octanol–water partition coefficient (Wildman–Crippen LogP) is 7.56. The number of likely N-dealkylation sites (N-methyl/N-ethyl adjacent to an activating group) is 1. The van der Waals surface area contributed by atoms with E-state index in [2.05, 4.69) is 54.8 Å². The summed E-state index contributed by atoms with van der Waals surface area (Å²) in [5.41, 5.74) is 3.31. The molecule has 2 atom stereocenters. The molecule has 1 heterocycles. The molecular weight excluding hydrogens is 611 g/mol. The third kappa shape index (κ3) is 8.29. The van der Waals surface area contributed by atoms with Crippen LogP contribution >= 0.6 is 11.9 Å². The van der Waals surface area contributed by atoms with Gasteiger partial charge in [0.2, 0.25) is 0 Å². The van der Waals surface area contributed by atoms with E-state index in [1.807, 2.05) is 39.0 Å². The molecule has 0 bridgehead atoms. The van der Waals surface area contributed by atoms with E-state index in [4.69, 9.17) is 9.47 Å². The highest BCUT2D eigenvalue weighted by molar-refractivity contribution is 7.98. The molecule has 256 valence electrons. The molecular formula is C38H53N3O5S. The monoisotopic (exact) mass is 663 g/mol. The summed E-state index contributed by atoms with van der Waals surface area (Å²) in [5, 5.41) is 10.5. The summed E-state index contributed by atoms with van der Waals surface area (Å²) < 4.78 is 15.2. The highest BCUT2D eigenvalue weighted by atomic mass is 32.2. The third-order valence-electron chi connectivity index (χ3n) is 9.78. The highest BCUT2D eigenvalue weighted by Gasteiger charge is 2.52. The molecule has 3 aliphatic rings. The minimum atomic E-state index is -1.01. The van der Waals surface area contributed by atoms with E-state index in [1.165, 1.54) is 28.6 Å². The number of fused-ring (bicyclic) bond motifs is 1. The molecule has 2 amide bonds. The molecule has 2 fully saturated rings. The van der Waals surface area contributed by atoms with Crippen molar-refractivity contribution in [3.8, 4) is 5.75 Å². The number of aliphatic hydroxyl groups excluding tert-OH is 1. The number of hydrogen-bond donors (Lipinski definition) is 2. The molecule has 2 N–H and O–H groups in total. The van der Waals surface area contributed by atoms with E-state index >= 15 is 0 Å². The van der Waals surface area contributed by atoms with E-state index in [-0.39, 0.29) is 24.3 Å². The number of aliphatic hydroxyl groups is 1. The Kier molecular flexibility index (Phi) is 11.2. The lowest BCUT2D eigenvalue weighted by Gasteiger charge is -2.48. The molecule has 0 spiro atoms. The van der Waals surface area contributed by atoms with E-state index in [1.54, 1.807) is 11.0 Å². The van der Waals surface area contributed by atoms with Gasteiger partial charge in [-0.25, -0.2) is 4.79 Å². The van der Waals surface area contributed by atoms with Gasteiger partial charge in [0.1, 0.15) is 16.9 Å². The highest BCUT2D eigenvalue weighted by Crippen LogP contribution is 2.41. The Morgan fingerprint density at radius 1 is 1.19 bits per heavy atom. The van der Waals surface area contributed by atoms with Gasteiger partial charge in [0.25, 0.3) is 5.91 Å². The number of nitrogens with one attached hydrogen (secondary N) is 1. The topological polar surface area (TPSA) is 91.3 Å². The normalized spacial score (nSPS) is 19.9. The lowest BCUT2D eigenvalue weighted by atomic mass is 9.74. The molecule has 8 nitrogen and oxygen atoms in total. The molecule has 1 aliphatic heterocycles. The first-order valence-electron chi connectivity index (χ1n) is 17.3. The molecule has 0 aromatic heterocycles. The zero-order chi connectivity index (χ0) is 33.8. The number of nitrogens with zero attached hydrogens (tertiary/aromatic N) is 2. The van der Waals surface area contributed by atoms with Crippen molar-refractivity contribution in [1.29, 1.82) is 0 Å². The van der Waals surface area contributed by atoms with E-state index in [0.717, 1.165) is 61.4 Å². The standard InChI is InChI=1S/C38H53N3O5S/c1-7-11-28-22-26(2)15-17-31(28)29-24-40(6)32-23-30(16-18-34(32)45-25-29)47-39-35(43)38(19-10-20-38)41(36(44)46-37(3,4)5)21-9-14-33(42)27-12-8-13-27/h9,14-18,22-23,27,29,33,42H,7-8,10-13,19-21,24-25H2,1-6H3,(H,39,43)/b14-9+. The second-order valence-corrected chi connectivity index (χ2v) is 15.5. The number of ether oxygens (including phenoxy) is 2. The van der Waals surface area contributed by atoms with Crippen molar-refractivity contribution in [3.63, 3.8) is 0 Å². The molecule has 9 heteroatoms. The Labute approximate surface area is 285 Å². The molecule has 2 unspecified atom stereocenters. The number of carbonyl (C=O) groups excluding carboxylic acids is 2. The van der Waals surface area contributed by atoms with Gasteiger partial charge in [-0.2, -0.15) is 0 Å². The Bertz CT molecular complexity index is 1450. The van der Waals surface area contributed by atoms with Crippen LogP contribution < -0.4 is 14.4 Å². The molecule has 2 aromatic carbocycles. The fourth-order valence-electron chi connectivity index (χ4n) is 6.78. The SMILES string of the molecule is CCCc1cc(C)ccc1C1COc2ccc(SNC(=O)C3(N(C/C=C/C(O)C4CCC4)C(=O)OC(C)(C)C)CCC3)cc2N(C)C1. The summed E-state index contributed by atoms with van der Waals surface area (Å²) in [6.07, 6.45) is 9.80. The third-order valence-corrected chi connectivity index (χ3v) is 10.6. The number of aryl methyl sites for hydroxylation is 2. The summed E-state index contributed by atoms with van der Waals surface area (Å²) in [6.45, 7) is 11.5. The molecule has 2 aliphatic carbocycles. The minimum absolute atomic E-state index is 0.194. The fraction of sp³-hybridized carbons (Fsp3) is 0.579. The Morgan fingerprint density at radius 2 is 1.96 bits per heavy atom. The minimum Gasteiger partial charge on any atom is -0.491 e. The van der Waals surface area contributed by atoms with Crippen molar-refractivity contribution in [2.24, 2.45) is 5.92 Å². The summed E-state index contributed by atoms with van der Waals surface area (Å²) in [6, 6.07) is 12.8. The Balaban J connectivity index is 1.28. The van der Waals surface area contributed by atoms with Crippen LogP contribution in [0.5, 0.6) is 5.75 Å². The summed E-state index contributed by atoms with van der Waals surface area (Å²) in [4.78, 5) is 32.1. The first kappa shape index (κ1) is 35.1. The number of rotatable bonds is 11. The quantitative estimate of drug-likeness (QED) is 0.189. The van der Waals surface area contributed by atoms with Crippen LogP contribution in [0, 0.1) is 12.8 Å². The van der Waals surface area contributed by atoms with Crippen molar-refractivity contribution in [2.45, 2.75) is 114 Å². The van der Waals surface area contributed by atoms with E-state index in [0.29, 0.717) is 19.4 Å². The van der Waals surface area contributed by atoms with Gasteiger partial charge in [0.05, 0.1) is 18.4 Å². The number of benzene rings is 2. The molecule has 0 saturated heterocycles. The van der Waals surface area contributed by atoms with Gasteiger partial charge in [0, 0.05) is 31.0 Å². The van der Waals surface area contributed by atoms with Crippen LogP contribution in [0.4, 0.5) is 10.5 Å². The van der Waals surface area contributed by atoms with Crippen LogP contribution in [0.25, 0.3) is 0 Å². The van der Waals surface area contributed by atoms with Crippen LogP contribution in [0.2, 0.25) is 0 Å². The maximum absolute atomic E-state index is 13.9. The zero-order valence-electron chi connectivity index (χ0n) is 29.0. The Morgan fingerprint density at radius 3 is 2.60 bits per heavy atom. The van der Waals surface area contributed by atoms with Gasteiger partial charge >= 0.3 is 6.09 Å². The van der Waals surface area contributed by atoms with Gasteiger partial charge in [-0.05, 0) is 113 Å². The number of amides is 2. The second kappa shape index (κ2) is 14.9. The van der Waals surface area contributed by atoms with Crippen molar-refractivity contribution in [2.75, 3.05) is 31.6 Å². The molecule has 2 saturated carbocycles. The van der Waals surface area contributed by atoms with Crippen molar-refractivity contribution < 1.29 is 24.2 Å². The van der Waals surface area contributed by atoms with Gasteiger partial charge in [-0.3, -0.25) is 14.4 Å². The summed E-state index contributed by atoms with van der Waals surface area (Å²) in [5.74, 6) is 1.13. The predicted molar refractivity (Wildman–Crippen MR) is 189 cm³/mol. The maximum Gasteiger partial charge on any atom is 0.411 e. The fourth-order valence-corrected chi connectivity index (χ4v) is 7.48. The van der Waals surface area contributed by atoms with E-state index < -0.39 is 23.3 Å². The average molecular weight is 664 g/mol. The lowest BCUT2D eigenvalue weighted by Crippen LogP contribution is -2.64. The summed E-state index contributed by atoms with van der Waals surface area (Å²) in [7, 11) is 2.10. The molecule has 2 aromatic rings. The first-order chi connectivity index (χ1) is 22.4. The summed E-state index contributed by atoms with van der Waals surface area (Å²) >= 11 is 1.26. The van der Waals surface area contributed by atoms with Crippen LogP contribution in [0.1, 0.15) is 95.2 Å². The van der Waals surface area contributed by atoms with Gasteiger partial charge < -0.3 is 19.5 Å². The Hall–Kier alpha value is -3.17. The number of hydrogen-bond acceptors (Lipinski definition) is 7. The molecule has 47 heavy (non-hydrogen) atoms. The number of carbonyl (C=O) groups is 2.